The van der Waals surface area contributed by atoms with Gasteiger partial charge in [-0.15, -0.1) is 0 Å². The summed E-state index contributed by atoms with van der Waals surface area (Å²) in [6.07, 6.45) is 1.07. The van der Waals surface area contributed by atoms with E-state index in [-0.39, 0.29) is 17.5 Å². The SMILES string of the molecule is CCC(CCO)NS(=O)(=O)c1ccc(Br)cc1. The molecule has 96 valence electrons. The number of hydrogen-bond acceptors (Lipinski definition) is 3. The van der Waals surface area contributed by atoms with E-state index in [1.165, 1.54) is 12.1 Å². The van der Waals surface area contributed by atoms with E-state index in [0.717, 1.165) is 4.47 Å². The summed E-state index contributed by atoms with van der Waals surface area (Å²) < 4.78 is 27.4. The Hall–Kier alpha value is -0.430. The Morgan fingerprint density at radius 1 is 1.35 bits per heavy atom. The third kappa shape index (κ3) is 4.39. The van der Waals surface area contributed by atoms with Gasteiger partial charge >= 0.3 is 0 Å². The molecule has 2 N–H and O–H groups in total. The molecule has 1 rings (SSSR count). The smallest absolute Gasteiger partial charge is 0.240 e. The first-order valence-corrected chi connectivity index (χ1v) is 7.66. The lowest BCUT2D eigenvalue weighted by molar-refractivity contribution is 0.270. The van der Waals surface area contributed by atoms with Crippen LogP contribution in [0.25, 0.3) is 0 Å². The monoisotopic (exact) mass is 321 g/mol. The molecule has 0 fully saturated rings. The minimum Gasteiger partial charge on any atom is -0.396 e. The van der Waals surface area contributed by atoms with Crippen molar-refractivity contribution in [2.45, 2.75) is 30.7 Å². The van der Waals surface area contributed by atoms with Gasteiger partial charge < -0.3 is 5.11 Å². The molecule has 0 spiro atoms. The lowest BCUT2D eigenvalue weighted by Crippen LogP contribution is -2.35. The fourth-order valence-electron chi connectivity index (χ4n) is 1.40. The molecule has 1 atom stereocenters. The lowest BCUT2D eigenvalue weighted by Gasteiger charge is -2.15. The number of aliphatic hydroxyl groups is 1. The van der Waals surface area contributed by atoms with Crippen molar-refractivity contribution < 1.29 is 13.5 Å². The molecule has 0 amide bonds. The van der Waals surface area contributed by atoms with Crippen LogP contribution < -0.4 is 4.72 Å². The van der Waals surface area contributed by atoms with Crippen LogP contribution in [0.1, 0.15) is 19.8 Å². The molecule has 0 saturated heterocycles. The molecule has 17 heavy (non-hydrogen) atoms. The maximum atomic E-state index is 12.0. The number of benzene rings is 1. The summed E-state index contributed by atoms with van der Waals surface area (Å²) in [5.74, 6) is 0. The standard InChI is InChI=1S/C11H16BrNO3S/c1-2-10(7-8-14)13-17(15,16)11-5-3-9(12)4-6-11/h3-6,10,13-14H,2,7-8H2,1H3. The van der Waals surface area contributed by atoms with Crippen LogP contribution in [0.5, 0.6) is 0 Å². The summed E-state index contributed by atoms with van der Waals surface area (Å²) in [5, 5.41) is 8.83. The second-order valence-electron chi connectivity index (χ2n) is 3.69. The second kappa shape index (κ2) is 6.49. The molecule has 0 aliphatic rings. The van der Waals surface area contributed by atoms with Gasteiger partial charge in [0.05, 0.1) is 4.90 Å². The zero-order chi connectivity index (χ0) is 12.9. The van der Waals surface area contributed by atoms with E-state index in [0.29, 0.717) is 12.8 Å². The number of halogens is 1. The predicted molar refractivity (Wildman–Crippen MR) is 70.2 cm³/mol. The van der Waals surface area contributed by atoms with Crippen molar-refractivity contribution in [3.05, 3.63) is 28.7 Å². The summed E-state index contributed by atoms with van der Waals surface area (Å²) in [6, 6.07) is 6.22. The van der Waals surface area contributed by atoms with Crippen molar-refractivity contribution in [2.75, 3.05) is 6.61 Å². The van der Waals surface area contributed by atoms with Gasteiger partial charge in [0.15, 0.2) is 0 Å². The van der Waals surface area contributed by atoms with Crippen molar-refractivity contribution in [1.29, 1.82) is 0 Å². The Bertz CT molecular complexity index is 444. The summed E-state index contributed by atoms with van der Waals surface area (Å²) in [5.41, 5.74) is 0. The molecule has 0 aliphatic carbocycles. The average Bonchev–Trinajstić information content (AvgIpc) is 2.28. The minimum atomic E-state index is -3.49. The molecule has 0 radical (unpaired) electrons. The van der Waals surface area contributed by atoms with E-state index in [4.69, 9.17) is 5.11 Å². The van der Waals surface area contributed by atoms with Gasteiger partial charge in [-0.3, -0.25) is 0 Å². The maximum Gasteiger partial charge on any atom is 0.240 e. The molecule has 0 aliphatic heterocycles. The van der Waals surface area contributed by atoms with Gasteiger partial charge in [0.2, 0.25) is 10.0 Å². The van der Waals surface area contributed by atoms with E-state index < -0.39 is 10.0 Å². The summed E-state index contributed by atoms with van der Waals surface area (Å²) in [4.78, 5) is 0.233. The minimum absolute atomic E-state index is 0.0264. The number of nitrogens with one attached hydrogen (secondary N) is 1. The van der Waals surface area contributed by atoms with Gasteiger partial charge in [-0.1, -0.05) is 22.9 Å². The van der Waals surface area contributed by atoms with Crippen molar-refractivity contribution in [3.63, 3.8) is 0 Å². The summed E-state index contributed by atoms with van der Waals surface area (Å²) in [6.45, 7) is 1.85. The van der Waals surface area contributed by atoms with Gasteiger partial charge in [-0.05, 0) is 37.1 Å². The predicted octanol–water partition coefficient (Wildman–Crippen LogP) is 1.89. The fourth-order valence-corrected chi connectivity index (χ4v) is 3.02. The molecule has 4 nitrogen and oxygen atoms in total. The van der Waals surface area contributed by atoms with Crippen LogP contribution in [0.4, 0.5) is 0 Å². The number of rotatable bonds is 6. The Morgan fingerprint density at radius 2 is 1.94 bits per heavy atom. The normalized spacial score (nSPS) is 13.6. The molecular weight excluding hydrogens is 306 g/mol. The average molecular weight is 322 g/mol. The molecular formula is C11H16BrNO3S. The third-order valence-corrected chi connectivity index (χ3v) is 4.48. The number of hydrogen-bond donors (Lipinski definition) is 2. The molecule has 0 bridgehead atoms. The van der Waals surface area contributed by atoms with Crippen molar-refractivity contribution in [2.24, 2.45) is 0 Å². The van der Waals surface area contributed by atoms with Crippen LogP contribution in [-0.2, 0) is 10.0 Å². The Morgan fingerprint density at radius 3 is 2.41 bits per heavy atom. The van der Waals surface area contributed by atoms with E-state index >= 15 is 0 Å². The van der Waals surface area contributed by atoms with Gasteiger partial charge in [0.1, 0.15) is 0 Å². The van der Waals surface area contributed by atoms with Crippen LogP contribution in [0.2, 0.25) is 0 Å². The zero-order valence-corrected chi connectivity index (χ0v) is 12.0. The van der Waals surface area contributed by atoms with E-state index in [2.05, 4.69) is 20.7 Å². The van der Waals surface area contributed by atoms with E-state index in [1.807, 2.05) is 6.92 Å². The third-order valence-electron chi connectivity index (χ3n) is 2.42. The number of sulfonamides is 1. The van der Waals surface area contributed by atoms with E-state index in [1.54, 1.807) is 12.1 Å². The largest absolute Gasteiger partial charge is 0.396 e. The van der Waals surface area contributed by atoms with Crippen LogP contribution in [0, 0.1) is 0 Å². The lowest BCUT2D eigenvalue weighted by atomic mass is 10.2. The Labute approximate surface area is 110 Å². The van der Waals surface area contributed by atoms with Crippen LogP contribution in [0.15, 0.2) is 33.6 Å². The summed E-state index contributed by atoms with van der Waals surface area (Å²) in [7, 11) is -3.49. The molecule has 1 aromatic rings. The Kier molecular flexibility index (Phi) is 5.58. The number of aliphatic hydroxyl groups excluding tert-OH is 1. The molecule has 1 aromatic carbocycles. The summed E-state index contributed by atoms with van der Waals surface area (Å²) >= 11 is 3.25. The van der Waals surface area contributed by atoms with Crippen molar-refractivity contribution in [3.8, 4) is 0 Å². The highest BCUT2D eigenvalue weighted by molar-refractivity contribution is 9.10. The van der Waals surface area contributed by atoms with Gasteiger partial charge in [-0.25, -0.2) is 13.1 Å². The topological polar surface area (TPSA) is 66.4 Å². The molecule has 0 saturated carbocycles. The molecule has 0 aromatic heterocycles. The van der Waals surface area contributed by atoms with Crippen LogP contribution in [0.3, 0.4) is 0 Å². The highest BCUT2D eigenvalue weighted by Gasteiger charge is 2.18. The molecule has 6 heteroatoms. The molecule has 1 unspecified atom stereocenters. The van der Waals surface area contributed by atoms with E-state index in [9.17, 15) is 8.42 Å². The van der Waals surface area contributed by atoms with Crippen molar-refractivity contribution >= 4 is 26.0 Å². The van der Waals surface area contributed by atoms with Crippen molar-refractivity contribution in [1.82, 2.24) is 4.72 Å². The van der Waals surface area contributed by atoms with Gasteiger partial charge in [0.25, 0.3) is 0 Å². The maximum absolute atomic E-state index is 12.0. The first-order chi connectivity index (χ1) is 7.99. The highest BCUT2D eigenvalue weighted by atomic mass is 79.9. The second-order valence-corrected chi connectivity index (χ2v) is 6.32. The van der Waals surface area contributed by atoms with Gasteiger partial charge in [-0.2, -0.15) is 0 Å². The highest BCUT2D eigenvalue weighted by Crippen LogP contribution is 2.15. The first-order valence-electron chi connectivity index (χ1n) is 5.38. The van der Waals surface area contributed by atoms with Crippen LogP contribution >= 0.6 is 15.9 Å². The van der Waals surface area contributed by atoms with Crippen LogP contribution in [-0.4, -0.2) is 26.2 Å². The molecule has 0 heterocycles. The zero-order valence-electron chi connectivity index (χ0n) is 9.56. The van der Waals surface area contributed by atoms with Gasteiger partial charge in [0, 0.05) is 17.1 Å². The Balaban J connectivity index is 2.84. The quantitative estimate of drug-likeness (QED) is 0.840. The first kappa shape index (κ1) is 14.6. The fraction of sp³-hybridized carbons (Fsp3) is 0.455.